The SMILES string of the molecule is CC1C(=O)NC(C)(C)C(=O)N1CCS(=O)(=O)C(C)(C)C. The third-order valence-electron chi connectivity index (χ3n) is 3.61. The van der Waals surface area contributed by atoms with E-state index in [-0.39, 0.29) is 24.1 Å². The van der Waals surface area contributed by atoms with E-state index >= 15 is 0 Å². The lowest BCUT2D eigenvalue weighted by molar-refractivity contribution is -0.152. The van der Waals surface area contributed by atoms with E-state index < -0.39 is 26.2 Å². The lowest BCUT2D eigenvalue weighted by Gasteiger charge is -2.41. The Morgan fingerprint density at radius 2 is 1.75 bits per heavy atom. The standard InChI is InChI=1S/C13H24N2O4S/c1-9-10(16)14-13(5,6)11(17)15(9)7-8-20(18,19)12(2,3)4/h9H,7-8H2,1-6H3,(H,14,16). The fraction of sp³-hybridized carbons (Fsp3) is 0.846. The molecule has 1 aliphatic rings. The summed E-state index contributed by atoms with van der Waals surface area (Å²) < 4.78 is 23.4. The Labute approximate surface area is 120 Å². The highest BCUT2D eigenvalue weighted by Crippen LogP contribution is 2.20. The molecule has 1 rings (SSSR count). The van der Waals surface area contributed by atoms with Crippen molar-refractivity contribution >= 4 is 21.7 Å². The molecular formula is C13H24N2O4S. The maximum absolute atomic E-state index is 12.3. The van der Waals surface area contributed by atoms with E-state index in [0.717, 1.165) is 0 Å². The first-order chi connectivity index (χ1) is 8.79. The normalized spacial score (nSPS) is 23.7. The number of carbonyl (C=O) groups excluding carboxylic acids is 2. The summed E-state index contributed by atoms with van der Waals surface area (Å²) in [5.41, 5.74) is -0.991. The summed E-state index contributed by atoms with van der Waals surface area (Å²) in [6.07, 6.45) is 0. The van der Waals surface area contributed by atoms with Crippen molar-refractivity contribution in [2.75, 3.05) is 12.3 Å². The lowest BCUT2D eigenvalue weighted by Crippen LogP contribution is -2.67. The molecule has 0 aromatic heterocycles. The van der Waals surface area contributed by atoms with Crippen LogP contribution in [0.2, 0.25) is 0 Å². The minimum absolute atomic E-state index is 0.0381. The second kappa shape index (κ2) is 5.02. The molecule has 0 aromatic rings. The van der Waals surface area contributed by atoms with Gasteiger partial charge >= 0.3 is 0 Å². The first kappa shape index (κ1) is 16.9. The molecule has 1 aliphatic heterocycles. The molecule has 7 heteroatoms. The molecule has 0 saturated carbocycles. The Morgan fingerprint density at radius 1 is 1.25 bits per heavy atom. The Morgan fingerprint density at radius 3 is 2.20 bits per heavy atom. The quantitative estimate of drug-likeness (QED) is 0.814. The third kappa shape index (κ3) is 3.13. The average molecular weight is 304 g/mol. The van der Waals surface area contributed by atoms with Gasteiger partial charge in [0, 0.05) is 6.54 Å². The highest BCUT2D eigenvalue weighted by Gasteiger charge is 2.43. The molecule has 1 unspecified atom stereocenters. The van der Waals surface area contributed by atoms with Crippen LogP contribution in [0.4, 0.5) is 0 Å². The molecule has 6 nitrogen and oxygen atoms in total. The first-order valence-electron chi connectivity index (χ1n) is 6.65. The maximum atomic E-state index is 12.3. The van der Waals surface area contributed by atoms with Crippen LogP contribution in [0.5, 0.6) is 0 Å². The van der Waals surface area contributed by atoms with Crippen LogP contribution in [0.1, 0.15) is 41.5 Å². The second-order valence-corrected chi connectivity index (χ2v) is 9.58. The van der Waals surface area contributed by atoms with Crippen molar-refractivity contribution in [1.29, 1.82) is 0 Å². The monoisotopic (exact) mass is 304 g/mol. The Bertz CT molecular complexity index is 517. The van der Waals surface area contributed by atoms with Crippen LogP contribution in [-0.4, -0.2) is 53.8 Å². The average Bonchev–Trinajstić information content (AvgIpc) is 2.24. The van der Waals surface area contributed by atoms with Gasteiger partial charge in [-0.15, -0.1) is 0 Å². The highest BCUT2D eigenvalue weighted by atomic mass is 32.2. The molecule has 20 heavy (non-hydrogen) atoms. The van der Waals surface area contributed by atoms with Crippen LogP contribution in [0, 0.1) is 0 Å². The van der Waals surface area contributed by atoms with Gasteiger partial charge in [0.15, 0.2) is 9.84 Å². The summed E-state index contributed by atoms with van der Waals surface area (Å²) in [6, 6.07) is -0.648. The van der Waals surface area contributed by atoms with E-state index in [1.165, 1.54) is 4.90 Å². The summed E-state index contributed by atoms with van der Waals surface area (Å²) in [4.78, 5) is 25.5. The fourth-order valence-electron chi connectivity index (χ4n) is 1.96. The molecule has 0 radical (unpaired) electrons. The van der Waals surface area contributed by atoms with E-state index in [4.69, 9.17) is 0 Å². The van der Waals surface area contributed by atoms with Gasteiger partial charge in [-0.25, -0.2) is 8.42 Å². The number of rotatable bonds is 3. The maximum Gasteiger partial charge on any atom is 0.248 e. The van der Waals surface area contributed by atoms with Gasteiger partial charge in [-0.3, -0.25) is 9.59 Å². The number of piperazine rings is 1. The van der Waals surface area contributed by atoms with E-state index in [9.17, 15) is 18.0 Å². The van der Waals surface area contributed by atoms with Crippen molar-refractivity contribution in [3.05, 3.63) is 0 Å². The summed E-state index contributed by atoms with van der Waals surface area (Å²) in [7, 11) is -3.32. The number of carbonyl (C=O) groups is 2. The van der Waals surface area contributed by atoms with Crippen LogP contribution in [-0.2, 0) is 19.4 Å². The van der Waals surface area contributed by atoms with Crippen LogP contribution < -0.4 is 5.32 Å². The van der Waals surface area contributed by atoms with E-state index in [1.54, 1.807) is 41.5 Å². The third-order valence-corrected chi connectivity index (χ3v) is 6.20. The fourth-order valence-corrected chi connectivity index (χ4v) is 3.01. The van der Waals surface area contributed by atoms with Gasteiger partial charge in [-0.1, -0.05) is 0 Å². The molecule has 2 amide bonds. The summed E-state index contributed by atoms with van der Waals surface area (Å²) in [5, 5.41) is 2.63. The first-order valence-corrected chi connectivity index (χ1v) is 8.30. The van der Waals surface area contributed by atoms with Gasteiger partial charge < -0.3 is 10.2 Å². The Balaban J connectivity index is 2.91. The van der Waals surface area contributed by atoms with Crippen molar-refractivity contribution < 1.29 is 18.0 Å². The zero-order chi connectivity index (χ0) is 15.9. The second-order valence-electron chi connectivity index (χ2n) is 6.72. The van der Waals surface area contributed by atoms with Gasteiger partial charge in [-0.05, 0) is 41.5 Å². The van der Waals surface area contributed by atoms with Crippen molar-refractivity contribution in [2.45, 2.75) is 57.9 Å². The predicted octanol–water partition coefficient (Wildman–Crippen LogP) is 0.325. The molecule has 0 aliphatic carbocycles. The molecular weight excluding hydrogens is 280 g/mol. The van der Waals surface area contributed by atoms with Gasteiger partial charge in [0.05, 0.1) is 10.5 Å². The molecule has 116 valence electrons. The van der Waals surface area contributed by atoms with Crippen molar-refractivity contribution in [3.8, 4) is 0 Å². The van der Waals surface area contributed by atoms with Crippen molar-refractivity contribution in [1.82, 2.24) is 10.2 Å². The van der Waals surface area contributed by atoms with Gasteiger partial charge in [-0.2, -0.15) is 0 Å². The zero-order valence-electron chi connectivity index (χ0n) is 13.0. The number of nitrogens with one attached hydrogen (secondary N) is 1. The van der Waals surface area contributed by atoms with Gasteiger partial charge in [0.2, 0.25) is 11.8 Å². The molecule has 0 spiro atoms. The van der Waals surface area contributed by atoms with Crippen LogP contribution >= 0.6 is 0 Å². The van der Waals surface area contributed by atoms with E-state index in [1.807, 2.05) is 0 Å². The van der Waals surface area contributed by atoms with Gasteiger partial charge in [0.25, 0.3) is 0 Å². The molecule has 1 saturated heterocycles. The van der Waals surface area contributed by atoms with E-state index in [2.05, 4.69) is 5.32 Å². The number of hydrogen-bond acceptors (Lipinski definition) is 4. The minimum atomic E-state index is -3.32. The van der Waals surface area contributed by atoms with E-state index in [0.29, 0.717) is 0 Å². The number of nitrogens with zero attached hydrogens (tertiary/aromatic N) is 1. The lowest BCUT2D eigenvalue weighted by atomic mass is 9.97. The van der Waals surface area contributed by atoms with Crippen LogP contribution in [0.3, 0.4) is 0 Å². The largest absolute Gasteiger partial charge is 0.340 e. The van der Waals surface area contributed by atoms with Crippen LogP contribution in [0.15, 0.2) is 0 Å². The summed E-state index contributed by atoms with van der Waals surface area (Å²) in [6.45, 7) is 9.75. The zero-order valence-corrected chi connectivity index (χ0v) is 13.8. The van der Waals surface area contributed by atoms with Crippen molar-refractivity contribution in [3.63, 3.8) is 0 Å². The highest BCUT2D eigenvalue weighted by molar-refractivity contribution is 7.92. The van der Waals surface area contributed by atoms with Gasteiger partial charge in [0.1, 0.15) is 11.6 Å². The molecule has 0 aromatic carbocycles. The molecule has 0 bridgehead atoms. The van der Waals surface area contributed by atoms with Crippen molar-refractivity contribution in [2.24, 2.45) is 0 Å². The molecule has 1 atom stereocenters. The number of sulfone groups is 1. The number of amides is 2. The molecule has 1 heterocycles. The molecule has 1 N–H and O–H groups in total. The summed E-state index contributed by atoms with van der Waals surface area (Å²) in [5.74, 6) is -0.660. The smallest absolute Gasteiger partial charge is 0.248 e. The summed E-state index contributed by atoms with van der Waals surface area (Å²) >= 11 is 0. The predicted molar refractivity (Wildman–Crippen MR) is 76.9 cm³/mol. The Kier molecular flexibility index (Phi) is 4.25. The topological polar surface area (TPSA) is 83.6 Å². The number of hydrogen-bond donors (Lipinski definition) is 1. The Hall–Kier alpha value is -1.11. The van der Waals surface area contributed by atoms with Crippen LogP contribution in [0.25, 0.3) is 0 Å². The minimum Gasteiger partial charge on any atom is -0.340 e. The molecule has 1 fully saturated rings.